The normalized spacial score (nSPS) is 17.3. The van der Waals surface area contributed by atoms with Crippen LogP contribution >= 0.6 is 12.4 Å². The van der Waals surface area contributed by atoms with Gasteiger partial charge in [0.05, 0.1) is 0 Å². The van der Waals surface area contributed by atoms with Gasteiger partial charge in [0.1, 0.15) is 0 Å². The minimum Gasteiger partial charge on any atom is -0.344 e. The number of hydrogen-bond acceptors (Lipinski definition) is 4. The number of nitrogens with zero attached hydrogens (tertiary/aromatic N) is 1. The van der Waals surface area contributed by atoms with E-state index in [0.717, 1.165) is 5.56 Å². The van der Waals surface area contributed by atoms with Gasteiger partial charge in [-0.05, 0) is 38.4 Å². The lowest BCUT2D eigenvalue weighted by Crippen LogP contribution is -2.58. The molecule has 1 aliphatic rings. The number of benzene rings is 1. The summed E-state index contributed by atoms with van der Waals surface area (Å²) in [5.74, 6) is -0.281. The van der Waals surface area contributed by atoms with Crippen molar-refractivity contribution in [3.8, 4) is 0 Å². The van der Waals surface area contributed by atoms with Gasteiger partial charge in [-0.3, -0.25) is 4.79 Å². The highest BCUT2D eigenvalue weighted by molar-refractivity contribution is 7.92. The Kier molecular flexibility index (Phi) is 7.30. The number of amides is 1. The van der Waals surface area contributed by atoms with Crippen molar-refractivity contribution in [1.29, 1.82) is 0 Å². The zero-order valence-corrected chi connectivity index (χ0v) is 18.0. The predicted molar refractivity (Wildman–Crippen MR) is 109 cm³/mol. The highest BCUT2D eigenvalue weighted by atomic mass is 35.5. The maximum absolute atomic E-state index is 13.1. The number of carbonyl (C=O) groups is 1. The molecule has 1 fully saturated rings. The number of aryl methyl sites for hydroxylation is 1. The maximum atomic E-state index is 13.1. The Morgan fingerprint density at radius 2 is 1.69 bits per heavy atom. The van der Waals surface area contributed by atoms with Crippen molar-refractivity contribution < 1.29 is 13.2 Å². The molecule has 0 aromatic heterocycles. The van der Waals surface area contributed by atoms with Crippen LogP contribution in [0, 0.1) is 6.92 Å². The van der Waals surface area contributed by atoms with E-state index in [-0.39, 0.29) is 23.7 Å². The number of hydrogen-bond donors (Lipinski definition) is 1. The molecule has 7 heteroatoms. The fourth-order valence-corrected chi connectivity index (χ4v) is 5.10. The van der Waals surface area contributed by atoms with Crippen LogP contribution in [0.25, 0.3) is 0 Å². The van der Waals surface area contributed by atoms with E-state index < -0.39 is 14.6 Å². The minimum absolute atomic E-state index is 0. The van der Waals surface area contributed by atoms with E-state index in [1.807, 2.05) is 6.92 Å². The number of likely N-dealkylation sites (N-methyl/N-ethyl adjacent to an activating group) is 1. The average molecular weight is 403 g/mol. The lowest BCUT2D eigenvalue weighted by atomic mass is 9.83. The SMILES string of the molecule is Cc1ccc(C(C)(C)CN(C)C(=O)C2(S(C)(=O)=O)CCNCC2)cc1.Cl. The molecule has 0 spiro atoms. The average Bonchev–Trinajstić information content (AvgIpc) is 2.53. The molecule has 1 amide bonds. The van der Waals surface area contributed by atoms with E-state index in [0.29, 0.717) is 32.5 Å². The first-order valence-electron chi connectivity index (χ1n) is 8.73. The molecule has 0 saturated carbocycles. The Morgan fingerprint density at radius 3 is 2.15 bits per heavy atom. The van der Waals surface area contributed by atoms with Crippen molar-refractivity contribution in [3.63, 3.8) is 0 Å². The van der Waals surface area contributed by atoms with E-state index in [1.54, 1.807) is 11.9 Å². The largest absolute Gasteiger partial charge is 0.344 e. The first kappa shape index (κ1) is 22.9. The molecule has 1 saturated heterocycles. The summed E-state index contributed by atoms with van der Waals surface area (Å²) in [5, 5.41) is 3.15. The Labute approximate surface area is 163 Å². The van der Waals surface area contributed by atoms with E-state index in [2.05, 4.69) is 43.4 Å². The van der Waals surface area contributed by atoms with Crippen LogP contribution in [0.15, 0.2) is 24.3 Å². The molecule has 1 N–H and O–H groups in total. The van der Waals surface area contributed by atoms with Crippen molar-refractivity contribution in [1.82, 2.24) is 10.2 Å². The fraction of sp³-hybridized carbons (Fsp3) is 0.632. The third-order valence-corrected chi connectivity index (χ3v) is 7.33. The van der Waals surface area contributed by atoms with E-state index in [1.165, 1.54) is 11.8 Å². The summed E-state index contributed by atoms with van der Waals surface area (Å²) in [6, 6.07) is 8.27. The number of carbonyl (C=O) groups excluding carboxylic acids is 1. The van der Waals surface area contributed by atoms with Crippen LogP contribution in [0.5, 0.6) is 0 Å². The summed E-state index contributed by atoms with van der Waals surface area (Å²) >= 11 is 0. The standard InChI is InChI=1S/C19H30N2O3S.ClH/c1-15-6-8-16(9-7-15)18(2,3)14-21(4)17(22)19(25(5,23)24)10-12-20-13-11-19;/h6-9,20H,10-14H2,1-5H3;1H. The summed E-state index contributed by atoms with van der Waals surface area (Å²) in [5.41, 5.74) is 2.06. The molecule has 1 aromatic rings. The van der Waals surface area contributed by atoms with E-state index in [4.69, 9.17) is 0 Å². The van der Waals surface area contributed by atoms with Crippen molar-refractivity contribution in [2.45, 2.75) is 43.8 Å². The molecule has 0 aliphatic carbocycles. The van der Waals surface area contributed by atoms with Gasteiger partial charge in [0.2, 0.25) is 5.91 Å². The molecule has 148 valence electrons. The highest BCUT2D eigenvalue weighted by Gasteiger charge is 2.50. The second-order valence-electron chi connectivity index (χ2n) is 7.93. The number of sulfone groups is 1. The first-order valence-corrected chi connectivity index (χ1v) is 10.6. The van der Waals surface area contributed by atoms with Crippen molar-refractivity contribution in [3.05, 3.63) is 35.4 Å². The van der Waals surface area contributed by atoms with Gasteiger partial charge in [0.25, 0.3) is 0 Å². The van der Waals surface area contributed by atoms with Crippen LogP contribution < -0.4 is 5.32 Å². The summed E-state index contributed by atoms with van der Waals surface area (Å²) in [6.45, 7) is 7.77. The topological polar surface area (TPSA) is 66.5 Å². The van der Waals surface area contributed by atoms with Crippen molar-refractivity contribution in [2.24, 2.45) is 0 Å². The summed E-state index contributed by atoms with van der Waals surface area (Å²) < 4.78 is 23.6. The quantitative estimate of drug-likeness (QED) is 0.820. The smallest absolute Gasteiger partial charge is 0.243 e. The van der Waals surface area contributed by atoms with Crippen LogP contribution in [-0.4, -0.2) is 56.9 Å². The Bertz CT molecular complexity index is 724. The molecule has 0 bridgehead atoms. The van der Waals surface area contributed by atoms with Crippen molar-refractivity contribution >= 4 is 28.2 Å². The van der Waals surface area contributed by atoms with Crippen LogP contribution in [0.3, 0.4) is 0 Å². The zero-order chi connectivity index (χ0) is 18.9. The number of nitrogens with one attached hydrogen (secondary N) is 1. The number of piperidine rings is 1. The summed E-state index contributed by atoms with van der Waals surface area (Å²) in [4.78, 5) is 14.8. The third kappa shape index (κ3) is 4.59. The predicted octanol–water partition coefficient (Wildman–Crippen LogP) is 2.32. The van der Waals surface area contributed by atoms with Crippen molar-refractivity contribution in [2.75, 3.05) is 32.9 Å². The lowest BCUT2D eigenvalue weighted by molar-refractivity contribution is -0.134. The molecule has 2 rings (SSSR count). The minimum atomic E-state index is -3.49. The molecule has 0 atom stereocenters. The highest BCUT2D eigenvalue weighted by Crippen LogP contribution is 2.32. The molecule has 0 radical (unpaired) electrons. The number of rotatable bonds is 5. The van der Waals surface area contributed by atoms with Gasteiger partial charge in [0.15, 0.2) is 14.6 Å². The molecule has 26 heavy (non-hydrogen) atoms. The molecule has 0 unspecified atom stereocenters. The molecular formula is C19H31ClN2O3S. The molecule has 1 aromatic carbocycles. The van der Waals surface area contributed by atoms with Crippen LogP contribution in [-0.2, 0) is 20.0 Å². The molecule has 5 nitrogen and oxygen atoms in total. The third-order valence-electron chi connectivity index (χ3n) is 5.32. The Hall–Kier alpha value is -1.11. The lowest BCUT2D eigenvalue weighted by Gasteiger charge is -2.39. The van der Waals surface area contributed by atoms with Crippen LogP contribution in [0.1, 0.15) is 37.8 Å². The second kappa shape index (κ2) is 8.28. The van der Waals surface area contributed by atoms with Gasteiger partial charge in [-0.15, -0.1) is 12.4 Å². The molecule has 1 aliphatic heterocycles. The van der Waals surface area contributed by atoms with Gasteiger partial charge in [-0.25, -0.2) is 8.42 Å². The fourth-order valence-electron chi connectivity index (χ4n) is 3.68. The van der Waals surface area contributed by atoms with Crippen LogP contribution in [0.4, 0.5) is 0 Å². The van der Waals surface area contributed by atoms with Gasteiger partial charge >= 0.3 is 0 Å². The first-order chi connectivity index (χ1) is 11.5. The summed E-state index contributed by atoms with van der Waals surface area (Å²) in [7, 11) is -1.77. The Balaban J connectivity index is 0.00000338. The second-order valence-corrected chi connectivity index (χ2v) is 10.3. The Morgan fingerprint density at radius 1 is 1.19 bits per heavy atom. The summed E-state index contributed by atoms with van der Waals surface area (Å²) in [6.07, 6.45) is 1.86. The van der Waals surface area contributed by atoms with E-state index >= 15 is 0 Å². The zero-order valence-electron chi connectivity index (χ0n) is 16.3. The van der Waals surface area contributed by atoms with Gasteiger partial charge in [-0.1, -0.05) is 43.7 Å². The molecule has 1 heterocycles. The van der Waals surface area contributed by atoms with Gasteiger partial charge in [0, 0.05) is 25.3 Å². The number of halogens is 1. The van der Waals surface area contributed by atoms with Gasteiger partial charge < -0.3 is 10.2 Å². The molecular weight excluding hydrogens is 372 g/mol. The monoisotopic (exact) mass is 402 g/mol. The van der Waals surface area contributed by atoms with Gasteiger partial charge in [-0.2, -0.15) is 0 Å². The van der Waals surface area contributed by atoms with Crippen LogP contribution in [0.2, 0.25) is 0 Å². The van der Waals surface area contributed by atoms with E-state index in [9.17, 15) is 13.2 Å². The maximum Gasteiger partial charge on any atom is 0.243 e.